The summed E-state index contributed by atoms with van der Waals surface area (Å²) in [5, 5.41) is 9.19. The maximum absolute atomic E-state index is 12.5. The first-order valence-electron chi connectivity index (χ1n) is 6.79. The summed E-state index contributed by atoms with van der Waals surface area (Å²) in [6.45, 7) is 2.48. The van der Waals surface area contributed by atoms with Gasteiger partial charge in [-0.2, -0.15) is 0 Å². The topological polar surface area (TPSA) is 76.1 Å². The van der Waals surface area contributed by atoms with E-state index in [1.807, 2.05) is 12.1 Å². The zero-order valence-electron chi connectivity index (χ0n) is 12.1. The van der Waals surface area contributed by atoms with Crippen LogP contribution < -0.4 is 4.74 Å². The van der Waals surface area contributed by atoms with Crippen LogP contribution in [0, 0.1) is 0 Å². The third-order valence-electron chi connectivity index (χ3n) is 3.68. The van der Waals surface area contributed by atoms with Crippen LogP contribution in [0.1, 0.15) is 18.4 Å². The molecule has 0 saturated carbocycles. The molecule has 1 aliphatic rings. The highest BCUT2D eigenvalue weighted by atomic mass is 16.5. The Hall–Kier alpha value is -2.08. The molecular weight excluding hydrogens is 274 g/mol. The monoisotopic (exact) mass is 293 g/mol. The number of nitrogens with zero attached hydrogens (tertiary/aromatic N) is 1. The number of carboxylic acids is 1. The van der Waals surface area contributed by atoms with E-state index in [4.69, 9.17) is 9.47 Å². The highest BCUT2D eigenvalue weighted by molar-refractivity contribution is 5.88. The van der Waals surface area contributed by atoms with Gasteiger partial charge in [-0.25, -0.2) is 4.79 Å². The summed E-state index contributed by atoms with van der Waals surface area (Å²) in [6.07, 6.45) is 0. The van der Waals surface area contributed by atoms with Crippen LogP contribution in [0.4, 0.5) is 0 Å². The summed E-state index contributed by atoms with van der Waals surface area (Å²) >= 11 is 0. The van der Waals surface area contributed by atoms with Gasteiger partial charge in [-0.3, -0.25) is 4.79 Å². The SMILES string of the molecule is COc1ccc([C@H](C)C(=O)N2CCOC[C@@H]2C(=O)O)cc1. The second kappa shape index (κ2) is 6.58. The number of carbonyl (C=O) groups is 2. The van der Waals surface area contributed by atoms with Gasteiger partial charge in [-0.1, -0.05) is 12.1 Å². The lowest BCUT2D eigenvalue weighted by atomic mass is 9.98. The number of aliphatic carboxylic acids is 1. The Kier molecular flexibility index (Phi) is 4.80. The van der Waals surface area contributed by atoms with Crippen molar-refractivity contribution in [1.82, 2.24) is 4.90 Å². The molecule has 6 heteroatoms. The van der Waals surface area contributed by atoms with Crippen LogP contribution in [-0.4, -0.2) is 54.8 Å². The smallest absolute Gasteiger partial charge is 0.328 e. The lowest BCUT2D eigenvalue weighted by Crippen LogP contribution is -2.53. The van der Waals surface area contributed by atoms with Gasteiger partial charge in [0.1, 0.15) is 5.75 Å². The van der Waals surface area contributed by atoms with E-state index >= 15 is 0 Å². The predicted molar refractivity (Wildman–Crippen MR) is 75.4 cm³/mol. The molecule has 1 fully saturated rings. The van der Waals surface area contributed by atoms with E-state index in [2.05, 4.69) is 0 Å². The molecule has 2 rings (SSSR count). The number of morpholine rings is 1. The van der Waals surface area contributed by atoms with E-state index in [0.29, 0.717) is 18.9 Å². The lowest BCUT2D eigenvalue weighted by Gasteiger charge is -2.34. The van der Waals surface area contributed by atoms with Crippen LogP contribution in [-0.2, 0) is 14.3 Å². The number of rotatable bonds is 4. The number of hydrogen-bond donors (Lipinski definition) is 1. The highest BCUT2D eigenvalue weighted by Gasteiger charge is 2.35. The van der Waals surface area contributed by atoms with Gasteiger partial charge in [-0.15, -0.1) is 0 Å². The molecule has 1 aromatic rings. The minimum atomic E-state index is -1.04. The standard InChI is InChI=1S/C15H19NO5/c1-10(11-3-5-12(20-2)6-4-11)14(17)16-7-8-21-9-13(16)15(18)19/h3-6,10,13H,7-9H2,1-2H3,(H,18,19)/t10-,13+/m0/s1. The minimum Gasteiger partial charge on any atom is -0.497 e. The summed E-state index contributed by atoms with van der Waals surface area (Å²) in [5.41, 5.74) is 0.830. The first kappa shape index (κ1) is 15.3. The molecular formula is C15H19NO5. The Labute approximate surface area is 123 Å². The van der Waals surface area contributed by atoms with Crippen molar-refractivity contribution in [2.75, 3.05) is 26.9 Å². The largest absolute Gasteiger partial charge is 0.497 e. The summed E-state index contributed by atoms with van der Waals surface area (Å²) in [7, 11) is 1.58. The van der Waals surface area contributed by atoms with Gasteiger partial charge in [-0.05, 0) is 24.6 Å². The Morgan fingerprint density at radius 1 is 1.38 bits per heavy atom. The molecule has 1 aromatic carbocycles. The first-order chi connectivity index (χ1) is 10.0. The average molecular weight is 293 g/mol. The summed E-state index contributed by atoms with van der Waals surface area (Å²) in [5.74, 6) is -0.926. The molecule has 6 nitrogen and oxygen atoms in total. The summed E-state index contributed by atoms with van der Waals surface area (Å²) in [6, 6.07) is 6.29. The van der Waals surface area contributed by atoms with Crippen molar-refractivity contribution in [3.63, 3.8) is 0 Å². The van der Waals surface area contributed by atoms with E-state index in [-0.39, 0.29) is 12.5 Å². The molecule has 21 heavy (non-hydrogen) atoms. The van der Waals surface area contributed by atoms with E-state index < -0.39 is 17.9 Å². The Bertz CT molecular complexity index is 513. The van der Waals surface area contributed by atoms with Crippen molar-refractivity contribution in [1.29, 1.82) is 0 Å². The molecule has 1 N–H and O–H groups in total. The van der Waals surface area contributed by atoms with Crippen LogP contribution in [0.3, 0.4) is 0 Å². The molecule has 1 saturated heterocycles. The van der Waals surface area contributed by atoms with Gasteiger partial charge in [0.2, 0.25) is 5.91 Å². The fourth-order valence-corrected chi connectivity index (χ4v) is 2.36. The molecule has 114 valence electrons. The maximum atomic E-state index is 12.5. The van der Waals surface area contributed by atoms with Crippen LogP contribution in [0.5, 0.6) is 5.75 Å². The molecule has 0 bridgehead atoms. The third kappa shape index (κ3) is 3.33. The van der Waals surface area contributed by atoms with Crippen molar-refractivity contribution < 1.29 is 24.2 Å². The molecule has 0 spiro atoms. The lowest BCUT2D eigenvalue weighted by molar-refractivity contribution is -0.158. The van der Waals surface area contributed by atoms with Gasteiger partial charge >= 0.3 is 5.97 Å². The summed E-state index contributed by atoms with van der Waals surface area (Å²) in [4.78, 5) is 25.2. The number of amides is 1. The second-order valence-electron chi connectivity index (χ2n) is 4.96. The van der Waals surface area contributed by atoms with Gasteiger partial charge in [0.25, 0.3) is 0 Å². The number of ether oxygens (including phenoxy) is 2. The number of carbonyl (C=O) groups excluding carboxylic acids is 1. The molecule has 1 amide bonds. The number of carboxylic acid groups (broad SMARTS) is 1. The number of methoxy groups -OCH3 is 1. The van der Waals surface area contributed by atoms with E-state index in [0.717, 1.165) is 5.56 Å². The van der Waals surface area contributed by atoms with Gasteiger partial charge in [0.05, 0.1) is 26.2 Å². The molecule has 1 heterocycles. The van der Waals surface area contributed by atoms with Crippen molar-refractivity contribution >= 4 is 11.9 Å². The Morgan fingerprint density at radius 3 is 2.62 bits per heavy atom. The van der Waals surface area contributed by atoms with Crippen molar-refractivity contribution in [2.45, 2.75) is 18.9 Å². The molecule has 2 atom stereocenters. The predicted octanol–water partition coefficient (Wildman–Crippen LogP) is 1.11. The van der Waals surface area contributed by atoms with Gasteiger partial charge in [0.15, 0.2) is 6.04 Å². The van der Waals surface area contributed by atoms with Crippen LogP contribution in [0.15, 0.2) is 24.3 Å². The van der Waals surface area contributed by atoms with Crippen molar-refractivity contribution in [2.24, 2.45) is 0 Å². The van der Waals surface area contributed by atoms with Crippen molar-refractivity contribution in [3.05, 3.63) is 29.8 Å². The molecule has 0 aromatic heterocycles. The molecule has 0 radical (unpaired) electrons. The Morgan fingerprint density at radius 2 is 2.05 bits per heavy atom. The highest BCUT2D eigenvalue weighted by Crippen LogP contribution is 2.23. The normalized spacial score (nSPS) is 19.9. The van der Waals surface area contributed by atoms with E-state index in [9.17, 15) is 14.7 Å². The average Bonchev–Trinajstić information content (AvgIpc) is 2.53. The fraction of sp³-hybridized carbons (Fsp3) is 0.467. The molecule has 0 aliphatic carbocycles. The first-order valence-corrected chi connectivity index (χ1v) is 6.79. The zero-order chi connectivity index (χ0) is 15.4. The molecule has 0 unspecified atom stereocenters. The van der Waals surface area contributed by atoms with Crippen LogP contribution in [0.2, 0.25) is 0 Å². The Balaban J connectivity index is 2.14. The molecule has 1 aliphatic heterocycles. The van der Waals surface area contributed by atoms with Gasteiger partial charge in [0, 0.05) is 6.54 Å². The quantitative estimate of drug-likeness (QED) is 0.900. The van der Waals surface area contributed by atoms with E-state index in [1.165, 1.54) is 4.90 Å². The van der Waals surface area contributed by atoms with Gasteiger partial charge < -0.3 is 19.5 Å². The van der Waals surface area contributed by atoms with Crippen LogP contribution in [0.25, 0.3) is 0 Å². The van der Waals surface area contributed by atoms with E-state index in [1.54, 1.807) is 26.2 Å². The second-order valence-corrected chi connectivity index (χ2v) is 4.96. The number of benzene rings is 1. The zero-order valence-corrected chi connectivity index (χ0v) is 12.1. The minimum absolute atomic E-state index is 0.0381. The third-order valence-corrected chi connectivity index (χ3v) is 3.68. The van der Waals surface area contributed by atoms with Crippen LogP contribution >= 0.6 is 0 Å². The fourth-order valence-electron chi connectivity index (χ4n) is 2.36. The van der Waals surface area contributed by atoms with Crippen molar-refractivity contribution in [3.8, 4) is 5.75 Å². The summed E-state index contributed by atoms with van der Waals surface area (Å²) < 4.78 is 10.2. The maximum Gasteiger partial charge on any atom is 0.328 e. The number of hydrogen-bond acceptors (Lipinski definition) is 4.